The number of nitrogens with zero attached hydrogens (tertiary/aromatic N) is 2. The highest BCUT2D eigenvalue weighted by Gasteiger charge is 2.20. The van der Waals surface area contributed by atoms with Crippen LogP contribution in [0.4, 0.5) is 5.69 Å². The second-order valence-corrected chi connectivity index (χ2v) is 6.99. The van der Waals surface area contributed by atoms with Crippen molar-refractivity contribution in [3.8, 4) is 17.2 Å². The van der Waals surface area contributed by atoms with Gasteiger partial charge in [0, 0.05) is 38.8 Å². The molecule has 0 bridgehead atoms. The van der Waals surface area contributed by atoms with Crippen molar-refractivity contribution in [2.75, 3.05) is 52.8 Å². The molecular weight excluding hydrogens is 374 g/mol. The molecule has 1 N–H and O–H groups in total. The highest BCUT2D eigenvalue weighted by atomic mass is 32.1. The van der Waals surface area contributed by atoms with Crippen LogP contribution in [0.1, 0.15) is 5.56 Å². The van der Waals surface area contributed by atoms with Gasteiger partial charge < -0.3 is 24.4 Å². The average molecular weight is 402 g/mol. The molecule has 1 fully saturated rings. The third-order valence-corrected chi connectivity index (χ3v) is 5.23. The van der Waals surface area contributed by atoms with E-state index in [1.807, 2.05) is 30.3 Å². The molecule has 0 spiro atoms. The van der Waals surface area contributed by atoms with Crippen molar-refractivity contribution in [2.45, 2.75) is 6.54 Å². The fourth-order valence-corrected chi connectivity index (χ4v) is 3.50. The Labute approximate surface area is 172 Å². The minimum Gasteiger partial charge on any atom is -0.497 e. The minimum atomic E-state index is 0.704. The third kappa shape index (κ3) is 5.05. The molecule has 1 saturated heterocycles. The van der Waals surface area contributed by atoms with Gasteiger partial charge >= 0.3 is 0 Å². The lowest BCUT2D eigenvalue weighted by atomic mass is 10.2. The van der Waals surface area contributed by atoms with E-state index in [0.717, 1.165) is 55.7 Å². The SMILES string of the molecule is COc1ccc(CN2CCN(C(=S)Nc3cc(OC)ccc3OC)CC2)cc1. The summed E-state index contributed by atoms with van der Waals surface area (Å²) in [6, 6.07) is 13.9. The lowest BCUT2D eigenvalue weighted by Crippen LogP contribution is -2.49. The monoisotopic (exact) mass is 401 g/mol. The number of ether oxygens (including phenoxy) is 3. The van der Waals surface area contributed by atoms with Crippen LogP contribution >= 0.6 is 12.2 Å². The molecule has 1 heterocycles. The van der Waals surface area contributed by atoms with Gasteiger partial charge in [-0.05, 0) is 42.0 Å². The van der Waals surface area contributed by atoms with E-state index in [1.54, 1.807) is 21.3 Å². The molecule has 0 atom stereocenters. The lowest BCUT2D eigenvalue weighted by molar-refractivity contribution is 0.177. The van der Waals surface area contributed by atoms with Gasteiger partial charge in [-0.3, -0.25) is 4.90 Å². The smallest absolute Gasteiger partial charge is 0.173 e. The normalized spacial score (nSPS) is 14.5. The van der Waals surface area contributed by atoms with E-state index in [1.165, 1.54) is 5.56 Å². The molecule has 28 heavy (non-hydrogen) atoms. The van der Waals surface area contributed by atoms with Crippen LogP contribution < -0.4 is 19.5 Å². The van der Waals surface area contributed by atoms with Gasteiger partial charge in [-0.1, -0.05) is 12.1 Å². The van der Waals surface area contributed by atoms with E-state index in [4.69, 9.17) is 26.4 Å². The number of benzene rings is 2. The van der Waals surface area contributed by atoms with Crippen molar-refractivity contribution in [2.24, 2.45) is 0 Å². The van der Waals surface area contributed by atoms with Crippen LogP contribution in [0, 0.1) is 0 Å². The summed E-state index contributed by atoms with van der Waals surface area (Å²) >= 11 is 5.63. The fraction of sp³-hybridized carbons (Fsp3) is 0.381. The molecule has 0 amide bonds. The highest BCUT2D eigenvalue weighted by Crippen LogP contribution is 2.29. The van der Waals surface area contributed by atoms with Crippen LogP contribution in [0.3, 0.4) is 0 Å². The largest absolute Gasteiger partial charge is 0.497 e. The molecular formula is C21H27N3O3S. The first-order chi connectivity index (χ1) is 13.6. The van der Waals surface area contributed by atoms with Gasteiger partial charge in [0.2, 0.25) is 0 Å². The molecule has 7 heteroatoms. The Morgan fingerprint density at radius 3 is 2.14 bits per heavy atom. The van der Waals surface area contributed by atoms with Crippen molar-refractivity contribution in [3.63, 3.8) is 0 Å². The Balaban J connectivity index is 1.53. The predicted octanol–water partition coefficient (Wildman–Crippen LogP) is 3.23. The maximum Gasteiger partial charge on any atom is 0.173 e. The van der Waals surface area contributed by atoms with Gasteiger partial charge in [-0.2, -0.15) is 0 Å². The van der Waals surface area contributed by atoms with Crippen molar-refractivity contribution in [3.05, 3.63) is 48.0 Å². The number of thiocarbonyl (C=S) groups is 1. The summed E-state index contributed by atoms with van der Waals surface area (Å²) in [5, 5.41) is 4.01. The summed E-state index contributed by atoms with van der Waals surface area (Å²) in [5.74, 6) is 2.38. The number of anilines is 1. The maximum absolute atomic E-state index is 5.63. The van der Waals surface area contributed by atoms with Crippen molar-refractivity contribution in [1.82, 2.24) is 9.80 Å². The zero-order chi connectivity index (χ0) is 19.9. The first-order valence-corrected chi connectivity index (χ1v) is 9.67. The summed E-state index contributed by atoms with van der Waals surface area (Å²) in [5.41, 5.74) is 2.10. The van der Waals surface area contributed by atoms with Gasteiger partial charge in [0.1, 0.15) is 17.2 Å². The van der Waals surface area contributed by atoms with Crippen molar-refractivity contribution >= 4 is 23.0 Å². The zero-order valence-electron chi connectivity index (χ0n) is 16.6. The first-order valence-electron chi connectivity index (χ1n) is 9.26. The Hall–Kier alpha value is -2.51. The number of piperazine rings is 1. The number of hydrogen-bond donors (Lipinski definition) is 1. The Bertz CT molecular complexity index is 790. The van der Waals surface area contributed by atoms with Gasteiger partial charge in [0.05, 0.1) is 27.0 Å². The van der Waals surface area contributed by atoms with E-state index < -0.39 is 0 Å². The van der Waals surface area contributed by atoms with Crippen molar-refractivity contribution < 1.29 is 14.2 Å². The summed E-state index contributed by atoms with van der Waals surface area (Å²) in [6.45, 7) is 4.62. The zero-order valence-corrected chi connectivity index (χ0v) is 17.4. The summed E-state index contributed by atoms with van der Waals surface area (Å²) < 4.78 is 15.9. The van der Waals surface area contributed by atoms with E-state index in [9.17, 15) is 0 Å². The number of nitrogens with one attached hydrogen (secondary N) is 1. The maximum atomic E-state index is 5.63. The van der Waals surface area contributed by atoms with Crippen LogP contribution in [0.25, 0.3) is 0 Å². The Morgan fingerprint density at radius 2 is 1.54 bits per heavy atom. The van der Waals surface area contributed by atoms with Crippen LogP contribution in [0.2, 0.25) is 0 Å². The van der Waals surface area contributed by atoms with Gasteiger partial charge in [0.25, 0.3) is 0 Å². The topological polar surface area (TPSA) is 46.2 Å². The van der Waals surface area contributed by atoms with Crippen LogP contribution in [-0.2, 0) is 6.54 Å². The van der Waals surface area contributed by atoms with E-state index in [2.05, 4.69) is 27.2 Å². The van der Waals surface area contributed by atoms with Gasteiger partial charge in [0.15, 0.2) is 5.11 Å². The van der Waals surface area contributed by atoms with Crippen LogP contribution in [-0.4, -0.2) is 62.4 Å². The fourth-order valence-electron chi connectivity index (χ4n) is 3.20. The summed E-state index contributed by atoms with van der Waals surface area (Å²) in [4.78, 5) is 4.63. The highest BCUT2D eigenvalue weighted by molar-refractivity contribution is 7.80. The molecule has 0 radical (unpaired) electrons. The predicted molar refractivity (Wildman–Crippen MR) is 116 cm³/mol. The standard InChI is InChI=1S/C21H27N3O3S/c1-25-17-6-4-16(5-7-17)15-23-10-12-24(13-11-23)21(28)22-19-14-18(26-2)8-9-20(19)27-3/h4-9,14H,10-13,15H2,1-3H3,(H,22,28). The number of rotatable bonds is 6. The molecule has 0 unspecified atom stereocenters. The summed E-state index contributed by atoms with van der Waals surface area (Å²) in [6.07, 6.45) is 0. The quantitative estimate of drug-likeness (QED) is 0.746. The summed E-state index contributed by atoms with van der Waals surface area (Å²) in [7, 11) is 4.98. The lowest BCUT2D eigenvalue weighted by Gasteiger charge is -2.36. The second kappa shape index (κ2) is 9.61. The molecule has 1 aliphatic heterocycles. The minimum absolute atomic E-state index is 0.704. The molecule has 3 rings (SSSR count). The third-order valence-electron chi connectivity index (χ3n) is 4.87. The number of methoxy groups -OCH3 is 3. The van der Waals surface area contributed by atoms with E-state index in [-0.39, 0.29) is 0 Å². The molecule has 2 aromatic carbocycles. The van der Waals surface area contributed by atoms with E-state index in [0.29, 0.717) is 5.11 Å². The first kappa shape index (κ1) is 20.2. The van der Waals surface area contributed by atoms with Gasteiger partial charge in [-0.15, -0.1) is 0 Å². The average Bonchev–Trinajstić information content (AvgIpc) is 2.74. The van der Waals surface area contributed by atoms with Gasteiger partial charge in [-0.25, -0.2) is 0 Å². The molecule has 150 valence electrons. The molecule has 0 aliphatic carbocycles. The van der Waals surface area contributed by atoms with Crippen LogP contribution in [0.15, 0.2) is 42.5 Å². The van der Waals surface area contributed by atoms with Crippen LogP contribution in [0.5, 0.6) is 17.2 Å². The van der Waals surface area contributed by atoms with E-state index >= 15 is 0 Å². The molecule has 1 aliphatic rings. The molecule has 6 nitrogen and oxygen atoms in total. The number of hydrogen-bond acceptors (Lipinski definition) is 5. The molecule has 0 aromatic heterocycles. The Morgan fingerprint density at radius 1 is 0.893 bits per heavy atom. The molecule has 0 saturated carbocycles. The van der Waals surface area contributed by atoms with Crippen molar-refractivity contribution in [1.29, 1.82) is 0 Å². The Kier molecular flexibility index (Phi) is 6.95. The molecule has 2 aromatic rings. The second-order valence-electron chi connectivity index (χ2n) is 6.61.